The molecule has 0 fully saturated rings. The second-order valence-electron chi connectivity index (χ2n) is 5.23. The molecule has 0 spiro atoms. The van der Waals surface area contributed by atoms with E-state index in [9.17, 15) is 10.1 Å². The summed E-state index contributed by atoms with van der Waals surface area (Å²) in [7, 11) is 0. The minimum atomic E-state index is -0.482. The number of benzene rings is 1. The van der Waals surface area contributed by atoms with E-state index in [4.69, 9.17) is 10.3 Å². The van der Waals surface area contributed by atoms with Crippen LogP contribution in [0.15, 0.2) is 28.8 Å². The number of nitrogens with two attached hydrogens (primary N) is 1. The first kappa shape index (κ1) is 18.6. The van der Waals surface area contributed by atoms with Crippen LogP contribution in [-0.4, -0.2) is 25.3 Å². The molecule has 3 N–H and O–H groups in total. The smallest absolute Gasteiger partial charge is 0.322 e. The molecule has 25 heavy (non-hydrogen) atoms. The van der Waals surface area contributed by atoms with Crippen molar-refractivity contribution in [1.82, 2.24) is 20.3 Å². The number of aryl methyl sites for hydroxylation is 1. The fraction of sp³-hybridized carbons (Fsp3) is 0.267. The molecule has 0 bridgehead atoms. The summed E-state index contributed by atoms with van der Waals surface area (Å²) in [5, 5.41) is 21.9. The van der Waals surface area contributed by atoms with Gasteiger partial charge in [-0.15, -0.1) is 12.4 Å². The molecule has 3 aromatic rings. The molecule has 0 unspecified atom stereocenters. The lowest BCUT2D eigenvalue weighted by atomic mass is 10.1. The van der Waals surface area contributed by atoms with E-state index < -0.39 is 4.92 Å². The first-order valence-electron chi connectivity index (χ1n) is 7.49. The van der Waals surface area contributed by atoms with E-state index in [1.54, 1.807) is 0 Å². The molecule has 0 aliphatic rings. The minimum absolute atomic E-state index is 0. The third kappa shape index (κ3) is 3.67. The second kappa shape index (κ2) is 7.86. The standard InChI is InChI=1S/C15H16N6O3.ClH/c1-2-3-11-13(21(22)23)12(19-18-11)15-17-14(20-24-15)10-6-4-9(8-16)5-7-10;/h4-7H,2-3,8,16H2,1H3,(H,18,19);1H. The van der Waals surface area contributed by atoms with E-state index in [2.05, 4.69) is 20.3 Å². The molecule has 0 amide bonds. The van der Waals surface area contributed by atoms with Gasteiger partial charge in [0.05, 0.1) is 4.92 Å². The number of hydrogen-bond acceptors (Lipinski definition) is 7. The van der Waals surface area contributed by atoms with E-state index in [-0.39, 0.29) is 29.7 Å². The molecule has 2 aromatic heterocycles. The van der Waals surface area contributed by atoms with Gasteiger partial charge >= 0.3 is 5.69 Å². The molecule has 9 nitrogen and oxygen atoms in total. The van der Waals surface area contributed by atoms with Gasteiger partial charge in [0.1, 0.15) is 5.69 Å². The van der Waals surface area contributed by atoms with Gasteiger partial charge < -0.3 is 10.3 Å². The van der Waals surface area contributed by atoms with Crippen LogP contribution in [0.5, 0.6) is 0 Å². The van der Waals surface area contributed by atoms with Crippen molar-refractivity contribution in [3.05, 3.63) is 45.6 Å². The molecule has 2 heterocycles. The number of H-pyrrole nitrogens is 1. The van der Waals surface area contributed by atoms with E-state index in [0.717, 1.165) is 17.5 Å². The molecule has 132 valence electrons. The molecule has 3 rings (SSSR count). The molecule has 0 atom stereocenters. The van der Waals surface area contributed by atoms with Crippen LogP contribution < -0.4 is 5.73 Å². The summed E-state index contributed by atoms with van der Waals surface area (Å²) >= 11 is 0. The Bertz CT molecular complexity index is 859. The number of halogens is 1. The lowest BCUT2D eigenvalue weighted by Gasteiger charge is -1.97. The zero-order chi connectivity index (χ0) is 17.1. The van der Waals surface area contributed by atoms with Crippen LogP contribution in [0.3, 0.4) is 0 Å². The first-order chi connectivity index (χ1) is 11.6. The summed E-state index contributed by atoms with van der Waals surface area (Å²) in [4.78, 5) is 15.1. The largest absolute Gasteiger partial charge is 0.332 e. The third-order valence-electron chi connectivity index (χ3n) is 3.57. The first-order valence-corrected chi connectivity index (χ1v) is 7.49. The van der Waals surface area contributed by atoms with Crippen molar-refractivity contribution in [2.45, 2.75) is 26.3 Å². The highest BCUT2D eigenvalue weighted by Crippen LogP contribution is 2.31. The maximum atomic E-state index is 11.3. The molecular formula is C15H17ClN6O3. The third-order valence-corrected chi connectivity index (χ3v) is 3.57. The number of aromatic amines is 1. The van der Waals surface area contributed by atoms with Gasteiger partial charge in [-0.1, -0.05) is 42.8 Å². The van der Waals surface area contributed by atoms with Gasteiger partial charge in [0.2, 0.25) is 11.5 Å². The van der Waals surface area contributed by atoms with Crippen molar-refractivity contribution in [3.63, 3.8) is 0 Å². The highest BCUT2D eigenvalue weighted by atomic mass is 35.5. The minimum Gasteiger partial charge on any atom is -0.332 e. The summed E-state index contributed by atoms with van der Waals surface area (Å²) in [6, 6.07) is 7.36. The van der Waals surface area contributed by atoms with E-state index in [0.29, 0.717) is 24.5 Å². The average Bonchev–Trinajstić information content (AvgIpc) is 3.22. The van der Waals surface area contributed by atoms with Crippen LogP contribution in [0.1, 0.15) is 24.6 Å². The lowest BCUT2D eigenvalue weighted by Crippen LogP contribution is -1.95. The maximum Gasteiger partial charge on any atom is 0.322 e. The molecule has 0 saturated heterocycles. The Morgan fingerprint density at radius 1 is 1.32 bits per heavy atom. The van der Waals surface area contributed by atoms with Crippen molar-refractivity contribution in [3.8, 4) is 23.0 Å². The number of rotatable bonds is 6. The lowest BCUT2D eigenvalue weighted by molar-refractivity contribution is -0.384. The Hall–Kier alpha value is -2.78. The van der Waals surface area contributed by atoms with E-state index in [1.807, 2.05) is 31.2 Å². The van der Waals surface area contributed by atoms with Crippen molar-refractivity contribution in [1.29, 1.82) is 0 Å². The van der Waals surface area contributed by atoms with Gasteiger partial charge in [-0.3, -0.25) is 15.2 Å². The topological polar surface area (TPSA) is 137 Å². The predicted octanol–water partition coefficient (Wildman–Crippen LogP) is 2.87. The van der Waals surface area contributed by atoms with Gasteiger partial charge in [0, 0.05) is 12.1 Å². The molecule has 0 radical (unpaired) electrons. The Balaban J connectivity index is 0.00000225. The molecular weight excluding hydrogens is 348 g/mol. The maximum absolute atomic E-state index is 11.3. The second-order valence-corrected chi connectivity index (χ2v) is 5.23. The fourth-order valence-electron chi connectivity index (χ4n) is 2.37. The summed E-state index contributed by atoms with van der Waals surface area (Å²) < 4.78 is 5.17. The molecule has 0 aliphatic carbocycles. The van der Waals surface area contributed by atoms with Crippen molar-refractivity contribution < 1.29 is 9.45 Å². The van der Waals surface area contributed by atoms with Crippen LogP contribution in [0.4, 0.5) is 5.69 Å². The zero-order valence-corrected chi connectivity index (χ0v) is 14.2. The number of nitrogens with one attached hydrogen (secondary N) is 1. The Kier molecular flexibility index (Phi) is 5.84. The Morgan fingerprint density at radius 2 is 2.04 bits per heavy atom. The van der Waals surface area contributed by atoms with Gasteiger partial charge in [-0.25, -0.2) is 0 Å². The van der Waals surface area contributed by atoms with Crippen LogP contribution in [0.25, 0.3) is 23.0 Å². The van der Waals surface area contributed by atoms with Crippen LogP contribution in [-0.2, 0) is 13.0 Å². The highest BCUT2D eigenvalue weighted by Gasteiger charge is 2.28. The van der Waals surface area contributed by atoms with E-state index >= 15 is 0 Å². The van der Waals surface area contributed by atoms with Crippen LogP contribution in [0.2, 0.25) is 0 Å². The molecule has 0 aliphatic heterocycles. The quantitative estimate of drug-likeness (QED) is 0.506. The van der Waals surface area contributed by atoms with Crippen molar-refractivity contribution in [2.24, 2.45) is 5.73 Å². The Morgan fingerprint density at radius 3 is 2.64 bits per heavy atom. The number of aromatic nitrogens is 4. The summed E-state index contributed by atoms with van der Waals surface area (Å²) in [5.74, 6) is 0.348. The number of nitro groups is 1. The Labute approximate surface area is 149 Å². The SMILES string of the molecule is CCCc1[nH]nc(-c2nc(-c3ccc(CN)cc3)no2)c1[N+](=O)[O-].Cl. The van der Waals surface area contributed by atoms with Gasteiger partial charge in [0.25, 0.3) is 5.89 Å². The fourth-order valence-corrected chi connectivity index (χ4v) is 2.37. The summed E-state index contributed by atoms with van der Waals surface area (Å²) in [6.07, 6.45) is 1.27. The summed E-state index contributed by atoms with van der Waals surface area (Å²) in [6.45, 7) is 2.37. The van der Waals surface area contributed by atoms with Gasteiger partial charge in [-0.05, 0) is 12.0 Å². The van der Waals surface area contributed by atoms with Crippen LogP contribution >= 0.6 is 12.4 Å². The number of nitrogens with zero attached hydrogens (tertiary/aromatic N) is 4. The van der Waals surface area contributed by atoms with Gasteiger partial charge in [0.15, 0.2) is 0 Å². The predicted molar refractivity (Wildman–Crippen MR) is 93.1 cm³/mol. The normalized spacial score (nSPS) is 10.5. The van der Waals surface area contributed by atoms with Gasteiger partial charge in [-0.2, -0.15) is 10.1 Å². The monoisotopic (exact) mass is 364 g/mol. The molecule has 0 saturated carbocycles. The van der Waals surface area contributed by atoms with Crippen molar-refractivity contribution in [2.75, 3.05) is 0 Å². The average molecular weight is 365 g/mol. The highest BCUT2D eigenvalue weighted by molar-refractivity contribution is 5.85. The van der Waals surface area contributed by atoms with Crippen molar-refractivity contribution >= 4 is 18.1 Å². The number of hydrogen-bond donors (Lipinski definition) is 2. The zero-order valence-electron chi connectivity index (χ0n) is 13.4. The molecule has 1 aromatic carbocycles. The van der Waals surface area contributed by atoms with Crippen LogP contribution in [0, 0.1) is 10.1 Å². The van der Waals surface area contributed by atoms with E-state index in [1.165, 1.54) is 0 Å². The molecule has 10 heteroatoms. The summed E-state index contributed by atoms with van der Waals surface area (Å²) in [5.41, 5.74) is 7.66.